The van der Waals surface area contributed by atoms with Crippen molar-refractivity contribution in [2.24, 2.45) is 17.8 Å². The standard InChI is InChI=1S/C21H29NO3/c1-13(2)15-4-6-16(7-5-15)14(3)10-20(23)22-11-18(17-8-9-17)19(12-22)21(24)25/h4-7,13-14,17-19H,8-12H2,1-3H3,(H,24,25)/t14?,18-,19+/m1/s1. The average Bonchev–Trinajstić information content (AvgIpc) is 3.32. The van der Waals surface area contributed by atoms with Gasteiger partial charge >= 0.3 is 5.97 Å². The summed E-state index contributed by atoms with van der Waals surface area (Å²) in [4.78, 5) is 26.0. The number of nitrogens with zero attached hydrogens (tertiary/aromatic N) is 1. The van der Waals surface area contributed by atoms with E-state index in [2.05, 4.69) is 45.0 Å². The highest BCUT2D eigenvalue weighted by atomic mass is 16.4. The van der Waals surface area contributed by atoms with Gasteiger partial charge in [-0.25, -0.2) is 0 Å². The van der Waals surface area contributed by atoms with Gasteiger partial charge in [0.05, 0.1) is 5.92 Å². The number of carboxylic acid groups (broad SMARTS) is 1. The third kappa shape index (κ3) is 4.05. The highest BCUT2D eigenvalue weighted by Crippen LogP contribution is 2.44. The van der Waals surface area contributed by atoms with Crippen LogP contribution in [0.5, 0.6) is 0 Å². The Hall–Kier alpha value is -1.84. The van der Waals surface area contributed by atoms with Crippen molar-refractivity contribution < 1.29 is 14.7 Å². The second-order valence-electron chi connectivity index (χ2n) is 8.17. The van der Waals surface area contributed by atoms with E-state index >= 15 is 0 Å². The quantitative estimate of drug-likeness (QED) is 0.853. The van der Waals surface area contributed by atoms with E-state index in [4.69, 9.17) is 0 Å². The molecule has 1 N–H and O–H groups in total. The molecule has 2 aliphatic rings. The van der Waals surface area contributed by atoms with Gasteiger partial charge in [-0.2, -0.15) is 0 Å². The molecule has 4 nitrogen and oxygen atoms in total. The molecule has 1 aliphatic heterocycles. The summed E-state index contributed by atoms with van der Waals surface area (Å²) < 4.78 is 0. The number of amides is 1. The average molecular weight is 343 g/mol. The molecule has 1 heterocycles. The number of rotatable bonds is 6. The largest absolute Gasteiger partial charge is 0.481 e. The molecule has 3 rings (SSSR count). The zero-order valence-corrected chi connectivity index (χ0v) is 15.4. The van der Waals surface area contributed by atoms with Gasteiger partial charge in [-0.3, -0.25) is 9.59 Å². The third-order valence-corrected chi connectivity index (χ3v) is 5.92. The highest BCUT2D eigenvalue weighted by Gasteiger charge is 2.46. The molecule has 0 radical (unpaired) electrons. The molecule has 1 amide bonds. The van der Waals surface area contributed by atoms with Gasteiger partial charge in [-0.15, -0.1) is 0 Å². The maximum absolute atomic E-state index is 12.7. The number of hydrogen-bond acceptors (Lipinski definition) is 2. The van der Waals surface area contributed by atoms with E-state index in [0.29, 0.717) is 31.3 Å². The van der Waals surface area contributed by atoms with Crippen molar-refractivity contribution in [3.05, 3.63) is 35.4 Å². The van der Waals surface area contributed by atoms with Crippen LogP contribution in [0.4, 0.5) is 0 Å². The first-order chi connectivity index (χ1) is 11.9. The summed E-state index contributed by atoms with van der Waals surface area (Å²) in [5, 5.41) is 9.45. The number of hydrogen-bond donors (Lipinski definition) is 1. The van der Waals surface area contributed by atoms with Crippen LogP contribution in [0.2, 0.25) is 0 Å². The minimum atomic E-state index is -0.746. The van der Waals surface area contributed by atoms with Gasteiger partial charge in [-0.05, 0) is 47.6 Å². The second kappa shape index (κ2) is 7.19. The lowest BCUT2D eigenvalue weighted by atomic mass is 9.92. The van der Waals surface area contributed by atoms with Gasteiger partial charge in [0.15, 0.2) is 0 Å². The summed E-state index contributed by atoms with van der Waals surface area (Å²) in [6, 6.07) is 8.51. The Labute approximate surface area is 150 Å². The lowest BCUT2D eigenvalue weighted by Gasteiger charge is -2.20. The molecule has 1 saturated heterocycles. The van der Waals surface area contributed by atoms with Crippen molar-refractivity contribution in [2.75, 3.05) is 13.1 Å². The first-order valence-corrected chi connectivity index (χ1v) is 9.47. The van der Waals surface area contributed by atoms with Crippen LogP contribution in [0.25, 0.3) is 0 Å². The highest BCUT2D eigenvalue weighted by molar-refractivity contribution is 5.79. The maximum Gasteiger partial charge on any atom is 0.308 e. The van der Waals surface area contributed by atoms with Crippen LogP contribution in [0.3, 0.4) is 0 Å². The Morgan fingerprint density at radius 2 is 1.68 bits per heavy atom. The fourth-order valence-electron chi connectivity index (χ4n) is 4.01. The van der Waals surface area contributed by atoms with Crippen molar-refractivity contribution >= 4 is 11.9 Å². The molecule has 3 atom stereocenters. The Morgan fingerprint density at radius 1 is 1.08 bits per heavy atom. The maximum atomic E-state index is 12.7. The summed E-state index contributed by atoms with van der Waals surface area (Å²) in [6.45, 7) is 7.42. The minimum Gasteiger partial charge on any atom is -0.481 e. The number of benzene rings is 1. The van der Waals surface area contributed by atoms with Crippen LogP contribution in [0, 0.1) is 17.8 Å². The molecule has 4 heteroatoms. The molecular formula is C21H29NO3. The molecule has 1 aliphatic carbocycles. The third-order valence-electron chi connectivity index (χ3n) is 5.92. The van der Waals surface area contributed by atoms with Crippen LogP contribution < -0.4 is 0 Å². The summed E-state index contributed by atoms with van der Waals surface area (Å²) in [5.74, 6) is 0.290. The van der Waals surface area contributed by atoms with Crippen molar-refractivity contribution in [3.63, 3.8) is 0 Å². The van der Waals surface area contributed by atoms with E-state index in [1.807, 2.05) is 0 Å². The summed E-state index contributed by atoms with van der Waals surface area (Å²) >= 11 is 0. The van der Waals surface area contributed by atoms with Crippen molar-refractivity contribution in [1.82, 2.24) is 4.90 Å². The predicted molar refractivity (Wildman–Crippen MR) is 97.5 cm³/mol. The molecule has 136 valence electrons. The Kier molecular flexibility index (Phi) is 5.16. The molecule has 0 bridgehead atoms. The normalized spacial score (nSPS) is 24.6. The van der Waals surface area contributed by atoms with Gasteiger partial charge < -0.3 is 10.0 Å². The lowest BCUT2D eigenvalue weighted by Crippen LogP contribution is -2.30. The first-order valence-electron chi connectivity index (χ1n) is 9.47. The van der Waals surface area contributed by atoms with Crippen molar-refractivity contribution in [2.45, 2.75) is 51.9 Å². The number of carbonyl (C=O) groups excluding carboxylic acids is 1. The van der Waals surface area contributed by atoms with E-state index in [1.54, 1.807) is 4.90 Å². The van der Waals surface area contributed by atoms with Gasteiger partial charge in [0.25, 0.3) is 0 Å². The SMILES string of the molecule is CC(C)c1ccc(C(C)CC(=O)N2C[C@H](C(=O)O)[C@@H](C3CC3)C2)cc1. The van der Waals surface area contributed by atoms with E-state index in [-0.39, 0.29) is 23.7 Å². The number of aliphatic carboxylic acids is 1. The molecule has 1 saturated carbocycles. The molecule has 1 aromatic carbocycles. The van der Waals surface area contributed by atoms with Gasteiger partial charge in [0, 0.05) is 19.5 Å². The first kappa shape index (κ1) is 18.0. The zero-order chi connectivity index (χ0) is 18.1. The summed E-state index contributed by atoms with van der Waals surface area (Å²) in [5.41, 5.74) is 2.48. The Balaban J connectivity index is 1.60. The van der Waals surface area contributed by atoms with E-state index in [1.165, 1.54) is 11.1 Å². The minimum absolute atomic E-state index is 0.0924. The van der Waals surface area contributed by atoms with Crippen molar-refractivity contribution in [1.29, 1.82) is 0 Å². The fraction of sp³-hybridized carbons (Fsp3) is 0.619. The number of carboxylic acids is 1. The zero-order valence-electron chi connectivity index (χ0n) is 15.4. The second-order valence-corrected chi connectivity index (χ2v) is 8.17. The van der Waals surface area contributed by atoms with Crippen LogP contribution in [-0.2, 0) is 9.59 Å². The van der Waals surface area contributed by atoms with Crippen LogP contribution in [0.15, 0.2) is 24.3 Å². The van der Waals surface area contributed by atoms with Gasteiger partial charge in [0.1, 0.15) is 0 Å². The Morgan fingerprint density at radius 3 is 2.20 bits per heavy atom. The predicted octanol–water partition coefficient (Wildman–Crippen LogP) is 3.87. The fourth-order valence-corrected chi connectivity index (χ4v) is 4.01. The monoisotopic (exact) mass is 343 g/mol. The van der Waals surface area contributed by atoms with E-state index in [9.17, 15) is 14.7 Å². The lowest BCUT2D eigenvalue weighted by molar-refractivity contribution is -0.142. The molecule has 2 fully saturated rings. The number of carbonyl (C=O) groups is 2. The van der Waals surface area contributed by atoms with Crippen LogP contribution >= 0.6 is 0 Å². The molecule has 1 aromatic rings. The van der Waals surface area contributed by atoms with Gasteiger partial charge in [0.2, 0.25) is 5.91 Å². The molecule has 25 heavy (non-hydrogen) atoms. The van der Waals surface area contributed by atoms with E-state index < -0.39 is 5.97 Å². The molecular weight excluding hydrogens is 314 g/mol. The number of likely N-dealkylation sites (tertiary alicyclic amines) is 1. The topological polar surface area (TPSA) is 57.6 Å². The summed E-state index contributed by atoms with van der Waals surface area (Å²) in [6.07, 6.45) is 2.69. The van der Waals surface area contributed by atoms with Crippen LogP contribution in [-0.4, -0.2) is 35.0 Å². The van der Waals surface area contributed by atoms with Gasteiger partial charge in [-0.1, -0.05) is 45.0 Å². The molecule has 0 spiro atoms. The van der Waals surface area contributed by atoms with E-state index in [0.717, 1.165) is 12.8 Å². The van der Waals surface area contributed by atoms with Crippen molar-refractivity contribution in [3.8, 4) is 0 Å². The van der Waals surface area contributed by atoms with Crippen LogP contribution in [0.1, 0.15) is 63.0 Å². The smallest absolute Gasteiger partial charge is 0.308 e. The molecule has 0 aromatic heterocycles. The summed E-state index contributed by atoms with van der Waals surface area (Å²) in [7, 11) is 0. The Bertz CT molecular complexity index is 633. The molecule has 1 unspecified atom stereocenters.